The van der Waals surface area contributed by atoms with Crippen LogP contribution in [0.3, 0.4) is 0 Å². The maximum Gasteiger partial charge on any atom is 0.494 e. The summed E-state index contributed by atoms with van der Waals surface area (Å²) in [5, 5.41) is 5.69. The molecule has 0 N–H and O–H groups in total. The smallest absolute Gasteiger partial charge is 0.399 e. The standard InChI is InChI=1S/C38H32BN3O2/c1-37(2)38(3,4)44-39(43-37)30-21-20-28-23-42(24-29(28)22-30)36-40-34-15-8-7-13-33(34)35(41-36)27-18-16-26(17-19-27)32-14-9-11-25-10-5-6-12-31(25)32/h5-24H,1-4H3. The van der Waals surface area contributed by atoms with E-state index in [1.165, 1.54) is 21.9 Å². The Morgan fingerprint density at radius 2 is 1.25 bits per heavy atom. The van der Waals surface area contributed by atoms with Crippen LogP contribution in [0.2, 0.25) is 0 Å². The molecule has 1 fully saturated rings. The van der Waals surface area contributed by atoms with E-state index in [1.807, 2.05) is 22.8 Å². The SMILES string of the molecule is CC1(C)OB(c2ccc3cn(-c4nc(-c5ccc(-c6cccc7ccccc67)cc5)c5ccccc5n4)cc3c2)OC1(C)C. The first kappa shape index (κ1) is 26.8. The van der Waals surface area contributed by atoms with Gasteiger partial charge in [-0.3, -0.25) is 4.57 Å². The molecule has 0 atom stereocenters. The van der Waals surface area contributed by atoms with Crippen LogP contribution in [0.4, 0.5) is 0 Å². The highest BCUT2D eigenvalue weighted by atomic mass is 16.7. The molecule has 1 saturated heterocycles. The Kier molecular flexibility index (Phi) is 6.02. The lowest BCUT2D eigenvalue weighted by atomic mass is 9.78. The Balaban J connectivity index is 1.18. The number of para-hydroxylation sites is 1. The Labute approximate surface area is 257 Å². The molecule has 1 aliphatic rings. The van der Waals surface area contributed by atoms with E-state index in [1.54, 1.807) is 0 Å². The van der Waals surface area contributed by atoms with Gasteiger partial charge in [0.15, 0.2) is 0 Å². The average Bonchev–Trinajstić information content (AvgIpc) is 3.56. The van der Waals surface area contributed by atoms with Crippen molar-refractivity contribution in [3.05, 3.63) is 122 Å². The fraction of sp³-hybridized carbons (Fsp3) is 0.158. The third kappa shape index (κ3) is 4.41. The molecule has 0 spiro atoms. The lowest BCUT2D eigenvalue weighted by Gasteiger charge is -2.32. The Morgan fingerprint density at radius 3 is 2.05 bits per heavy atom. The van der Waals surface area contributed by atoms with Gasteiger partial charge in [-0.1, -0.05) is 103 Å². The number of hydrogen-bond donors (Lipinski definition) is 0. The average molecular weight is 574 g/mol. The van der Waals surface area contributed by atoms with E-state index in [2.05, 4.69) is 131 Å². The molecule has 8 rings (SSSR count). The second-order valence-electron chi connectivity index (χ2n) is 12.6. The molecule has 2 aromatic heterocycles. The third-order valence-electron chi connectivity index (χ3n) is 9.27. The van der Waals surface area contributed by atoms with Crippen molar-refractivity contribution >= 4 is 45.0 Å². The highest BCUT2D eigenvalue weighted by Gasteiger charge is 2.51. The van der Waals surface area contributed by atoms with E-state index in [0.29, 0.717) is 5.95 Å². The van der Waals surface area contributed by atoms with Crippen molar-refractivity contribution < 1.29 is 9.31 Å². The normalized spacial score (nSPS) is 15.9. The van der Waals surface area contributed by atoms with Gasteiger partial charge in [-0.05, 0) is 71.9 Å². The molecule has 7 aromatic rings. The largest absolute Gasteiger partial charge is 0.494 e. The molecule has 0 radical (unpaired) electrons. The first-order valence-corrected chi connectivity index (χ1v) is 15.1. The van der Waals surface area contributed by atoms with Crippen molar-refractivity contribution in [2.45, 2.75) is 38.9 Å². The van der Waals surface area contributed by atoms with E-state index in [9.17, 15) is 0 Å². The van der Waals surface area contributed by atoms with Gasteiger partial charge in [-0.2, -0.15) is 0 Å². The van der Waals surface area contributed by atoms with E-state index in [4.69, 9.17) is 19.3 Å². The van der Waals surface area contributed by atoms with E-state index < -0.39 is 7.12 Å². The van der Waals surface area contributed by atoms with Gasteiger partial charge in [0, 0.05) is 23.3 Å². The van der Waals surface area contributed by atoms with Crippen molar-refractivity contribution in [3.63, 3.8) is 0 Å². The van der Waals surface area contributed by atoms with Crippen LogP contribution >= 0.6 is 0 Å². The lowest BCUT2D eigenvalue weighted by Crippen LogP contribution is -2.41. The van der Waals surface area contributed by atoms with Crippen LogP contribution < -0.4 is 5.46 Å². The molecule has 0 bridgehead atoms. The van der Waals surface area contributed by atoms with Gasteiger partial charge in [0.25, 0.3) is 0 Å². The van der Waals surface area contributed by atoms with Crippen molar-refractivity contribution in [1.82, 2.24) is 14.5 Å². The number of nitrogens with zero attached hydrogens (tertiary/aromatic N) is 3. The fourth-order valence-corrected chi connectivity index (χ4v) is 6.09. The minimum Gasteiger partial charge on any atom is -0.399 e. The molecular weight excluding hydrogens is 541 g/mol. The van der Waals surface area contributed by atoms with Crippen LogP contribution in [-0.2, 0) is 9.31 Å². The monoisotopic (exact) mass is 573 g/mol. The molecule has 0 aliphatic carbocycles. The fourth-order valence-electron chi connectivity index (χ4n) is 6.09. The summed E-state index contributed by atoms with van der Waals surface area (Å²) in [6.45, 7) is 8.31. The topological polar surface area (TPSA) is 49.2 Å². The summed E-state index contributed by atoms with van der Waals surface area (Å²) in [5.74, 6) is 0.630. The Morgan fingerprint density at radius 1 is 0.591 bits per heavy atom. The zero-order valence-electron chi connectivity index (χ0n) is 25.3. The zero-order chi connectivity index (χ0) is 30.1. The van der Waals surface area contributed by atoms with Gasteiger partial charge < -0.3 is 9.31 Å². The highest BCUT2D eigenvalue weighted by Crippen LogP contribution is 2.37. The molecule has 0 amide bonds. The zero-order valence-corrected chi connectivity index (χ0v) is 25.3. The molecule has 0 saturated carbocycles. The summed E-state index contributed by atoms with van der Waals surface area (Å²) >= 11 is 0. The van der Waals surface area contributed by atoms with Crippen molar-refractivity contribution in [2.24, 2.45) is 0 Å². The summed E-state index contributed by atoms with van der Waals surface area (Å²) in [5.41, 5.74) is 5.49. The first-order valence-electron chi connectivity index (χ1n) is 15.1. The van der Waals surface area contributed by atoms with Crippen LogP contribution in [0.15, 0.2) is 122 Å². The van der Waals surface area contributed by atoms with Gasteiger partial charge in [-0.15, -0.1) is 0 Å². The number of hydrogen-bond acceptors (Lipinski definition) is 4. The number of aromatic nitrogens is 3. The molecule has 44 heavy (non-hydrogen) atoms. The second kappa shape index (κ2) is 9.88. The van der Waals surface area contributed by atoms with Crippen molar-refractivity contribution in [1.29, 1.82) is 0 Å². The summed E-state index contributed by atoms with van der Waals surface area (Å²) in [7, 11) is -0.409. The minimum absolute atomic E-state index is 0.388. The van der Waals surface area contributed by atoms with Gasteiger partial charge >= 0.3 is 7.12 Å². The van der Waals surface area contributed by atoms with Crippen LogP contribution in [0, 0.1) is 0 Å². The lowest BCUT2D eigenvalue weighted by molar-refractivity contribution is 0.00578. The van der Waals surface area contributed by atoms with E-state index in [0.717, 1.165) is 38.4 Å². The van der Waals surface area contributed by atoms with E-state index in [-0.39, 0.29) is 11.2 Å². The van der Waals surface area contributed by atoms with Crippen LogP contribution in [-0.4, -0.2) is 32.9 Å². The molecular formula is C38H32BN3O2. The maximum absolute atomic E-state index is 6.31. The quantitative estimate of drug-likeness (QED) is 0.199. The first-order chi connectivity index (χ1) is 21.3. The molecule has 6 heteroatoms. The molecule has 0 unspecified atom stereocenters. The number of benzene rings is 5. The highest BCUT2D eigenvalue weighted by molar-refractivity contribution is 6.62. The van der Waals surface area contributed by atoms with Crippen molar-refractivity contribution in [2.75, 3.05) is 0 Å². The van der Waals surface area contributed by atoms with E-state index >= 15 is 0 Å². The molecule has 3 heterocycles. The van der Waals surface area contributed by atoms with Gasteiger partial charge in [0.05, 0.1) is 22.4 Å². The van der Waals surface area contributed by atoms with Gasteiger partial charge in [-0.25, -0.2) is 9.97 Å². The van der Waals surface area contributed by atoms with Crippen LogP contribution in [0.5, 0.6) is 0 Å². The third-order valence-corrected chi connectivity index (χ3v) is 9.27. The Bertz CT molecular complexity index is 2180. The summed E-state index contributed by atoms with van der Waals surface area (Å²) in [4.78, 5) is 10.1. The van der Waals surface area contributed by atoms with Crippen LogP contribution in [0.25, 0.3) is 60.8 Å². The minimum atomic E-state index is -0.409. The predicted molar refractivity (Wildman–Crippen MR) is 180 cm³/mol. The number of fused-ring (bicyclic) bond motifs is 3. The summed E-state index contributed by atoms with van der Waals surface area (Å²) in [6, 6.07) is 38.2. The number of rotatable bonds is 4. The maximum atomic E-state index is 6.31. The molecule has 5 aromatic carbocycles. The van der Waals surface area contributed by atoms with Gasteiger partial charge in [0.2, 0.25) is 5.95 Å². The summed E-state index contributed by atoms with van der Waals surface area (Å²) < 4.78 is 14.6. The predicted octanol–water partition coefficient (Wildman–Crippen LogP) is 8.36. The second-order valence-corrected chi connectivity index (χ2v) is 12.6. The van der Waals surface area contributed by atoms with Crippen molar-refractivity contribution in [3.8, 4) is 28.3 Å². The molecule has 5 nitrogen and oxygen atoms in total. The molecule has 1 aliphatic heterocycles. The van der Waals surface area contributed by atoms with Crippen LogP contribution in [0.1, 0.15) is 27.7 Å². The Hall–Kier alpha value is -4.78. The molecule has 214 valence electrons. The summed E-state index contributed by atoms with van der Waals surface area (Å²) in [6.07, 6.45) is 4.17. The van der Waals surface area contributed by atoms with Gasteiger partial charge in [0.1, 0.15) is 0 Å².